The standard InChI is InChI=1S/C17H18N8O7/c18-16-21-13-10(14(29)22-16)20-17(24(13)15-12(28)11(27)9(6-26)32-15)23-19-5-7-2-1-3-8(4-7)25(30)31/h1-5,9,11-12,15,26-28H,6H2,(H,20,23)(H3,18,21,22,29)/b19-5+. The van der Waals surface area contributed by atoms with Crippen LogP contribution in [0.15, 0.2) is 34.2 Å². The van der Waals surface area contributed by atoms with E-state index in [0.29, 0.717) is 5.56 Å². The number of nitrogens with one attached hydrogen (secondary N) is 2. The number of anilines is 2. The highest BCUT2D eigenvalue weighted by atomic mass is 16.6. The van der Waals surface area contributed by atoms with Gasteiger partial charge < -0.3 is 25.8 Å². The molecule has 3 aromatic rings. The number of H-pyrrole nitrogens is 1. The summed E-state index contributed by atoms with van der Waals surface area (Å²) in [5.74, 6) is -0.317. The molecule has 168 valence electrons. The van der Waals surface area contributed by atoms with E-state index in [2.05, 4.69) is 25.5 Å². The number of nitrogens with zero attached hydrogens (tertiary/aromatic N) is 5. The summed E-state index contributed by atoms with van der Waals surface area (Å²) in [7, 11) is 0. The van der Waals surface area contributed by atoms with Crippen molar-refractivity contribution in [1.82, 2.24) is 19.5 Å². The molecule has 3 heterocycles. The van der Waals surface area contributed by atoms with Gasteiger partial charge in [0, 0.05) is 17.7 Å². The maximum Gasteiger partial charge on any atom is 0.280 e. The molecule has 2 aromatic heterocycles. The largest absolute Gasteiger partial charge is 0.394 e. The summed E-state index contributed by atoms with van der Waals surface area (Å²) in [4.78, 5) is 33.1. The number of hydrazone groups is 1. The van der Waals surface area contributed by atoms with Gasteiger partial charge in [-0.2, -0.15) is 10.1 Å². The zero-order chi connectivity index (χ0) is 23.0. The van der Waals surface area contributed by atoms with Crippen LogP contribution in [0, 0.1) is 10.1 Å². The molecular weight excluding hydrogens is 428 g/mol. The summed E-state index contributed by atoms with van der Waals surface area (Å²) in [5, 5.41) is 44.8. The first-order valence-electron chi connectivity index (χ1n) is 9.24. The molecule has 1 saturated heterocycles. The van der Waals surface area contributed by atoms with Crippen LogP contribution in [0.4, 0.5) is 17.6 Å². The van der Waals surface area contributed by atoms with Crippen LogP contribution >= 0.6 is 0 Å². The number of benzene rings is 1. The molecule has 4 atom stereocenters. The summed E-state index contributed by atoms with van der Waals surface area (Å²) >= 11 is 0. The Labute approximate surface area is 177 Å². The van der Waals surface area contributed by atoms with Gasteiger partial charge in [0.1, 0.15) is 18.3 Å². The molecule has 15 nitrogen and oxygen atoms in total. The Morgan fingerprint density at radius 3 is 2.84 bits per heavy atom. The molecular formula is C17H18N8O7. The zero-order valence-electron chi connectivity index (χ0n) is 16.2. The summed E-state index contributed by atoms with van der Waals surface area (Å²) in [5.41, 5.74) is 7.61. The Morgan fingerprint density at radius 2 is 2.16 bits per heavy atom. The van der Waals surface area contributed by atoms with Gasteiger partial charge in [-0.25, -0.2) is 10.4 Å². The number of hydrogen-bond donors (Lipinski definition) is 6. The predicted molar refractivity (Wildman–Crippen MR) is 110 cm³/mol. The predicted octanol–water partition coefficient (Wildman–Crippen LogP) is -1.33. The lowest BCUT2D eigenvalue weighted by atomic mass is 10.1. The maximum absolute atomic E-state index is 12.3. The second kappa shape index (κ2) is 8.31. The van der Waals surface area contributed by atoms with Crippen molar-refractivity contribution in [3.63, 3.8) is 0 Å². The number of nitrogen functional groups attached to an aromatic ring is 1. The SMILES string of the molecule is Nc1nc2c(nc(N/N=C/c3cccc([N+](=O)[O-])c3)n2C2OC(CO)C(O)C2O)c(=O)[nH]1. The van der Waals surface area contributed by atoms with Crippen LogP contribution in [0.1, 0.15) is 11.8 Å². The van der Waals surface area contributed by atoms with Gasteiger partial charge >= 0.3 is 0 Å². The van der Waals surface area contributed by atoms with Crippen LogP contribution < -0.4 is 16.7 Å². The molecule has 7 N–H and O–H groups in total. The van der Waals surface area contributed by atoms with E-state index in [9.17, 15) is 30.2 Å². The van der Waals surface area contributed by atoms with Gasteiger partial charge in [0.05, 0.1) is 17.7 Å². The Balaban J connectivity index is 1.74. The Kier molecular flexibility index (Phi) is 5.54. The summed E-state index contributed by atoms with van der Waals surface area (Å²) in [6, 6.07) is 5.70. The number of non-ortho nitro benzene ring substituents is 1. The van der Waals surface area contributed by atoms with E-state index in [1.165, 1.54) is 29.0 Å². The fourth-order valence-electron chi connectivity index (χ4n) is 3.30. The third-order valence-electron chi connectivity index (χ3n) is 4.80. The maximum atomic E-state index is 12.3. The van der Waals surface area contributed by atoms with Gasteiger partial charge in [-0.15, -0.1) is 0 Å². The van der Waals surface area contributed by atoms with E-state index in [-0.39, 0.29) is 28.7 Å². The number of hydrogen-bond acceptors (Lipinski definition) is 12. The Hall–Kier alpha value is -3.92. The molecule has 4 unspecified atom stereocenters. The van der Waals surface area contributed by atoms with Crippen molar-refractivity contribution in [1.29, 1.82) is 0 Å². The minimum atomic E-state index is -1.49. The third kappa shape index (κ3) is 3.76. The van der Waals surface area contributed by atoms with Crippen LogP contribution in [0.25, 0.3) is 11.2 Å². The molecule has 15 heteroatoms. The van der Waals surface area contributed by atoms with Crippen molar-refractivity contribution in [2.75, 3.05) is 17.8 Å². The summed E-state index contributed by atoms with van der Waals surface area (Å²) in [6.45, 7) is -0.564. The van der Waals surface area contributed by atoms with Gasteiger partial charge in [-0.3, -0.25) is 24.5 Å². The molecule has 1 fully saturated rings. The van der Waals surface area contributed by atoms with Crippen LogP contribution in [-0.2, 0) is 4.74 Å². The molecule has 0 amide bonds. The quantitative estimate of drug-likeness (QED) is 0.148. The summed E-state index contributed by atoms with van der Waals surface area (Å²) < 4.78 is 6.70. The highest BCUT2D eigenvalue weighted by Crippen LogP contribution is 2.33. The minimum Gasteiger partial charge on any atom is -0.394 e. The number of ether oxygens (including phenoxy) is 1. The van der Waals surface area contributed by atoms with Gasteiger partial charge in [-0.1, -0.05) is 12.1 Å². The van der Waals surface area contributed by atoms with E-state index in [4.69, 9.17) is 10.5 Å². The van der Waals surface area contributed by atoms with E-state index in [1.807, 2.05) is 0 Å². The first-order chi connectivity index (χ1) is 15.3. The van der Waals surface area contributed by atoms with Crippen molar-refractivity contribution in [3.05, 3.63) is 50.3 Å². The number of rotatable bonds is 6. The fourth-order valence-corrected chi connectivity index (χ4v) is 3.30. The van der Waals surface area contributed by atoms with Crippen molar-refractivity contribution >= 4 is 35.0 Å². The molecule has 32 heavy (non-hydrogen) atoms. The third-order valence-corrected chi connectivity index (χ3v) is 4.80. The number of fused-ring (bicyclic) bond motifs is 1. The average Bonchev–Trinajstić information content (AvgIpc) is 3.25. The normalized spacial score (nSPS) is 23.2. The van der Waals surface area contributed by atoms with Crippen LogP contribution in [-0.4, -0.2) is 70.9 Å². The number of aromatic nitrogens is 4. The number of aliphatic hydroxyl groups excluding tert-OH is 3. The first kappa shape index (κ1) is 21.3. The van der Waals surface area contributed by atoms with Gasteiger partial charge in [0.25, 0.3) is 11.2 Å². The van der Waals surface area contributed by atoms with E-state index in [1.54, 1.807) is 6.07 Å². The number of aliphatic hydroxyl groups is 3. The molecule has 0 radical (unpaired) electrons. The monoisotopic (exact) mass is 446 g/mol. The van der Waals surface area contributed by atoms with Crippen molar-refractivity contribution in [2.24, 2.45) is 5.10 Å². The molecule has 1 aliphatic rings. The second-order valence-electron chi connectivity index (χ2n) is 6.88. The number of imidazole rings is 1. The van der Waals surface area contributed by atoms with E-state index in [0.717, 1.165) is 0 Å². The fraction of sp³-hybridized carbons (Fsp3) is 0.294. The molecule has 0 saturated carbocycles. The Bertz CT molecular complexity index is 1260. The van der Waals surface area contributed by atoms with Crippen LogP contribution in [0.3, 0.4) is 0 Å². The zero-order valence-corrected chi connectivity index (χ0v) is 16.2. The average molecular weight is 446 g/mol. The topological polar surface area (TPSA) is 227 Å². The molecule has 4 rings (SSSR count). The second-order valence-corrected chi connectivity index (χ2v) is 6.88. The highest BCUT2D eigenvalue weighted by Gasteiger charge is 2.45. The lowest BCUT2D eigenvalue weighted by molar-refractivity contribution is -0.384. The lowest BCUT2D eigenvalue weighted by Gasteiger charge is -2.18. The first-order valence-corrected chi connectivity index (χ1v) is 9.24. The molecule has 1 aromatic carbocycles. The molecule has 1 aliphatic heterocycles. The van der Waals surface area contributed by atoms with Crippen LogP contribution in [0.2, 0.25) is 0 Å². The lowest BCUT2D eigenvalue weighted by Crippen LogP contribution is -2.33. The van der Waals surface area contributed by atoms with E-state index >= 15 is 0 Å². The van der Waals surface area contributed by atoms with Crippen molar-refractivity contribution < 1.29 is 25.0 Å². The number of nitrogens with two attached hydrogens (primary N) is 1. The highest BCUT2D eigenvalue weighted by molar-refractivity contribution is 5.81. The van der Waals surface area contributed by atoms with Crippen molar-refractivity contribution in [2.45, 2.75) is 24.5 Å². The van der Waals surface area contributed by atoms with Crippen LogP contribution in [0.5, 0.6) is 0 Å². The Morgan fingerprint density at radius 1 is 1.38 bits per heavy atom. The summed E-state index contributed by atoms with van der Waals surface area (Å²) in [6.07, 6.45) is -4.00. The van der Waals surface area contributed by atoms with Crippen molar-refractivity contribution in [3.8, 4) is 0 Å². The minimum absolute atomic E-state index is 0.0610. The molecule has 0 bridgehead atoms. The van der Waals surface area contributed by atoms with E-state index < -0.39 is 41.6 Å². The van der Waals surface area contributed by atoms with Gasteiger partial charge in [0.2, 0.25) is 11.9 Å². The van der Waals surface area contributed by atoms with Gasteiger partial charge in [0.15, 0.2) is 17.4 Å². The van der Waals surface area contributed by atoms with Gasteiger partial charge in [-0.05, 0) is 0 Å². The number of nitro groups is 1. The number of nitro benzene ring substituents is 1. The smallest absolute Gasteiger partial charge is 0.280 e. The molecule has 0 spiro atoms. The number of aromatic amines is 1. The molecule has 0 aliphatic carbocycles.